The second-order valence-corrected chi connectivity index (χ2v) is 5.37. The summed E-state index contributed by atoms with van der Waals surface area (Å²) in [5.74, 6) is -1.18. The van der Waals surface area contributed by atoms with Crippen molar-refractivity contribution >= 4 is 29.4 Å². The number of urea groups is 1. The molecule has 1 aromatic carbocycles. The highest BCUT2D eigenvalue weighted by molar-refractivity contribution is 7.98. The molecule has 0 radical (unpaired) electrons. The number of amides is 2. The molecule has 0 aliphatic heterocycles. The van der Waals surface area contributed by atoms with Gasteiger partial charge in [-0.15, -0.1) is 11.8 Å². The highest BCUT2D eigenvalue weighted by Gasteiger charge is 2.10. The Balaban J connectivity index is 2.24. The van der Waals surface area contributed by atoms with Crippen LogP contribution in [-0.2, 0) is 4.79 Å². The van der Waals surface area contributed by atoms with Crippen LogP contribution < -0.4 is 10.6 Å². The van der Waals surface area contributed by atoms with Crippen molar-refractivity contribution in [3.63, 3.8) is 0 Å². The van der Waals surface area contributed by atoms with E-state index in [1.165, 1.54) is 0 Å². The third kappa shape index (κ3) is 5.97. The maximum absolute atomic E-state index is 11.6. The fourth-order valence-corrected chi connectivity index (χ4v) is 1.99. The number of rotatable bonds is 7. The van der Waals surface area contributed by atoms with Gasteiger partial charge < -0.3 is 15.7 Å². The van der Waals surface area contributed by atoms with Gasteiger partial charge in [0.2, 0.25) is 0 Å². The van der Waals surface area contributed by atoms with Crippen LogP contribution in [0.4, 0.5) is 10.5 Å². The number of nitrogens with one attached hydrogen (secondary N) is 2. The van der Waals surface area contributed by atoms with Crippen LogP contribution in [0.15, 0.2) is 29.2 Å². The zero-order valence-electron chi connectivity index (χ0n) is 11.7. The minimum atomic E-state index is -0.802. The predicted octanol–water partition coefficient (Wildman–Crippen LogP) is 3.03. The third-order valence-corrected chi connectivity index (χ3v) is 3.61. The summed E-state index contributed by atoms with van der Waals surface area (Å²) >= 11 is 1.64. The second-order valence-electron chi connectivity index (χ2n) is 4.49. The predicted molar refractivity (Wildman–Crippen MR) is 81.3 cm³/mol. The number of hydrogen-bond acceptors (Lipinski definition) is 3. The van der Waals surface area contributed by atoms with Gasteiger partial charge in [-0.05, 0) is 43.4 Å². The Labute approximate surface area is 123 Å². The van der Waals surface area contributed by atoms with Crippen LogP contribution in [-0.4, -0.2) is 29.9 Å². The van der Waals surface area contributed by atoms with Crippen molar-refractivity contribution in [2.45, 2.75) is 24.7 Å². The van der Waals surface area contributed by atoms with E-state index < -0.39 is 5.97 Å². The molecule has 1 rings (SSSR count). The van der Waals surface area contributed by atoms with Crippen LogP contribution in [0.3, 0.4) is 0 Å². The van der Waals surface area contributed by atoms with Gasteiger partial charge in [-0.25, -0.2) is 4.79 Å². The fraction of sp³-hybridized carbons (Fsp3) is 0.429. The van der Waals surface area contributed by atoms with Gasteiger partial charge in [0.05, 0.1) is 5.92 Å². The van der Waals surface area contributed by atoms with E-state index in [0.29, 0.717) is 19.4 Å². The first-order valence-electron chi connectivity index (χ1n) is 6.44. The van der Waals surface area contributed by atoms with E-state index in [4.69, 9.17) is 5.11 Å². The Morgan fingerprint density at radius 2 is 1.95 bits per heavy atom. The maximum Gasteiger partial charge on any atom is 0.319 e. The van der Waals surface area contributed by atoms with Crippen molar-refractivity contribution in [2.75, 3.05) is 18.1 Å². The largest absolute Gasteiger partial charge is 0.481 e. The van der Waals surface area contributed by atoms with E-state index in [2.05, 4.69) is 10.6 Å². The van der Waals surface area contributed by atoms with Gasteiger partial charge in [-0.1, -0.05) is 6.92 Å². The van der Waals surface area contributed by atoms with Gasteiger partial charge in [0.15, 0.2) is 0 Å². The molecule has 2 amide bonds. The van der Waals surface area contributed by atoms with Gasteiger partial charge in [0.1, 0.15) is 0 Å². The number of aliphatic carboxylic acids is 1. The molecule has 0 aromatic heterocycles. The highest BCUT2D eigenvalue weighted by atomic mass is 32.2. The summed E-state index contributed by atoms with van der Waals surface area (Å²) in [7, 11) is 0. The number of thioether (sulfide) groups is 1. The summed E-state index contributed by atoms with van der Waals surface area (Å²) in [4.78, 5) is 23.4. The van der Waals surface area contributed by atoms with Gasteiger partial charge in [-0.2, -0.15) is 0 Å². The Morgan fingerprint density at radius 3 is 2.50 bits per heavy atom. The van der Waals surface area contributed by atoms with Crippen LogP contribution in [0.2, 0.25) is 0 Å². The number of benzene rings is 1. The van der Waals surface area contributed by atoms with Crippen molar-refractivity contribution in [2.24, 2.45) is 5.92 Å². The summed E-state index contributed by atoms with van der Waals surface area (Å²) in [5, 5.41) is 14.2. The number of hydrogen-bond donors (Lipinski definition) is 3. The summed E-state index contributed by atoms with van der Waals surface area (Å²) in [6.45, 7) is 2.13. The molecule has 1 unspecified atom stereocenters. The SMILES string of the molecule is CSc1ccc(NC(=O)NCCCC(C)C(=O)O)cc1. The molecule has 5 nitrogen and oxygen atoms in total. The van der Waals surface area contributed by atoms with Crippen LogP contribution in [0.25, 0.3) is 0 Å². The Morgan fingerprint density at radius 1 is 1.30 bits per heavy atom. The molecule has 1 aromatic rings. The molecule has 0 saturated carbocycles. The Bertz CT molecular complexity index is 448. The van der Waals surface area contributed by atoms with Crippen molar-refractivity contribution < 1.29 is 14.7 Å². The molecule has 1 atom stereocenters. The Hall–Kier alpha value is -1.69. The van der Waals surface area contributed by atoms with E-state index in [1.807, 2.05) is 30.5 Å². The summed E-state index contributed by atoms with van der Waals surface area (Å²) < 4.78 is 0. The van der Waals surface area contributed by atoms with Crippen molar-refractivity contribution in [1.82, 2.24) is 5.32 Å². The zero-order valence-corrected chi connectivity index (χ0v) is 12.5. The molecular weight excluding hydrogens is 276 g/mol. The summed E-state index contributed by atoms with van der Waals surface area (Å²) in [6, 6.07) is 7.30. The van der Waals surface area contributed by atoms with Crippen LogP contribution in [0, 0.1) is 5.92 Å². The topological polar surface area (TPSA) is 78.4 Å². The molecule has 20 heavy (non-hydrogen) atoms. The van der Waals surface area contributed by atoms with E-state index in [9.17, 15) is 9.59 Å². The summed E-state index contributed by atoms with van der Waals surface area (Å²) in [5.41, 5.74) is 0.735. The Kier molecular flexibility index (Phi) is 6.93. The average molecular weight is 296 g/mol. The first-order chi connectivity index (χ1) is 9.52. The molecule has 0 bridgehead atoms. The molecule has 0 fully saturated rings. The van der Waals surface area contributed by atoms with Crippen molar-refractivity contribution in [3.05, 3.63) is 24.3 Å². The lowest BCUT2D eigenvalue weighted by molar-refractivity contribution is -0.141. The van der Waals surface area contributed by atoms with Crippen LogP contribution in [0.5, 0.6) is 0 Å². The lowest BCUT2D eigenvalue weighted by Gasteiger charge is -2.09. The number of carbonyl (C=O) groups excluding carboxylic acids is 1. The van der Waals surface area contributed by atoms with Crippen molar-refractivity contribution in [1.29, 1.82) is 0 Å². The van der Waals surface area contributed by atoms with Crippen LogP contribution in [0.1, 0.15) is 19.8 Å². The molecule has 0 aliphatic rings. The van der Waals surface area contributed by atoms with Gasteiger partial charge in [-0.3, -0.25) is 4.79 Å². The summed E-state index contributed by atoms with van der Waals surface area (Å²) in [6.07, 6.45) is 3.19. The molecule has 0 aliphatic carbocycles. The monoisotopic (exact) mass is 296 g/mol. The minimum Gasteiger partial charge on any atom is -0.481 e. The van der Waals surface area contributed by atoms with E-state index in [0.717, 1.165) is 10.6 Å². The van der Waals surface area contributed by atoms with Gasteiger partial charge in [0, 0.05) is 17.1 Å². The average Bonchev–Trinajstić information content (AvgIpc) is 2.44. The maximum atomic E-state index is 11.6. The molecule has 6 heteroatoms. The van der Waals surface area contributed by atoms with Gasteiger partial charge >= 0.3 is 12.0 Å². The fourth-order valence-electron chi connectivity index (χ4n) is 1.58. The molecule has 3 N–H and O–H groups in total. The molecular formula is C14H20N2O3S. The third-order valence-electron chi connectivity index (χ3n) is 2.87. The number of carboxylic acids is 1. The molecule has 0 heterocycles. The molecule has 0 saturated heterocycles. The minimum absolute atomic E-state index is 0.273. The van der Waals surface area contributed by atoms with Crippen LogP contribution >= 0.6 is 11.8 Å². The molecule has 110 valence electrons. The first-order valence-corrected chi connectivity index (χ1v) is 7.67. The van der Waals surface area contributed by atoms with E-state index in [-0.39, 0.29) is 11.9 Å². The smallest absolute Gasteiger partial charge is 0.319 e. The first kappa shape index (κ1) is 16.4. The molecule has 0 spiro atoms. The lowest BCUT2D eigenvalue weighted by atomic mass is 10.1. The highest BCUT2D eigenvalue weighted by Crippen LogP contribution is 2.17. The zero-order chi connectivity index (χ0) is 15.0. The number of carbonyl (C=O) groups is 2. The van der Waals surface area contributed by atoms with E-state index >= 15 is 0 Å². The van der Waals surface area contributed by atoms with Crippen molar-refractivity contribution in [3.8, 4) is 0 Å². The van der Waals surface area contributed by atoms with E-state index in [1.54, 1.807) is 18.7 Å². The number of carboxylic acid groups (broad SMARTS) is 1. The normalized spacial score (nSPS) is 11.7. The second kappa shape index (κ2) is 8.47. The number of anilines is 1. The lowest BCUT2D eigenvalue weighted by Crippen LogP contribution is -2.29. The van der Waals surface area contributed by atoms with Gasteiger partial charge in [0.25, 0.3) is 0 Å². The quantitative estimate of drug-likeness (QED) is 0.534. The standard InChI is InChI=1S/C14H20N2O3S/c1-10(13(17)18)4-3-9-15-14(19)16-11-5-7-12(20-2)8-6-11/h5-8,10H,3-4,9H2,1-2H3,(H,17,18)(H2,15,16,19).